The van der Waals surface area contributed by atoms with Gasteiger partial charge in [-0.1, -0.05) is 190 Å². The summed E-state index contributed by atoms with van der Waals surface area (Å²) in [4.78, 5) is 2.45. The molecule has 63 heavy (non-hydrogen) atoms. The average Bonchev–Trinajstić information content (AvgIpc) is 3.80. The number of para-hydroxylation sites is 1. The van der Waals surface area contributed by atoms with Gasteiger partial charge in [-0.05, 0) is 116 Å². The number of anilines is 3. The zero-order valence-corrected chi connectivity index (χ0v) is 35.3. The van der Waals surface area contributed by atoms with Crippen molar-refractivity contribution in [2.45, 2.75) is 19.3 Å². The summed E-state index contributed by atoms with van der Waals surface area (Å²) in [5.41, 5.74) is 19.5. The van der Waals surface area contributed by atoms with Gasteiger partial charge in [-0.3, -0.25) is 0 Å². The third kappa shape index (κ3) is 6.02. The topological polar surface area (TPSA) is 8.17 Å². The Balaban J connectivity index is 0.951. The molecule has 0 saturated heterocycles. The summed E-state index contributed by atoms with van der Waals surface area (Å²) in [5.74, 6) is 0. The zero-order valence-electron chi connectivity index (χ0n) is 35.3. The second-order valence-electron chi connectivity index (χ2n) is 17.3. The van der Waals surface area contributed by atoms with Crippen LogP contribution in [0.15, 0.2) is 231 Å². The van der Waals surface area contributed by atoms with Crippen molar-refractivity contribution in [2.24, 2.45) is 0 Å². The fourth-order valence-corrected chi connectivity index (χ4v) is 10.3. The standard InChI is InChI=1S/C61H44N2/c1-61(2)55-27-12-11-25-52(55)53-37-35-49(40-56(53)61)62(57-28-14-19-43-18-9-10-24-50(43)57)48-23-13-20-45(38-48)41-30-32-42(33-31-41)46-34-36-54-59(39-46)63(47-21-7-4-8-22-47)58-29-15-26-51(60(54)58)44-16-5-3-6-17-44/h3-40H,1-2H3. The van der Waals surface area contributed by atoms with E-state index in [0.29, 0.717) is 0 Å². The lowest BCUT2D eigenvalue weighted by atomic mass is 9.82. The maximum atomic E-state index is 2.45. The molecule has 0 bridgehead atoms. The summed E-state index contributed by atoms with van der Waals surface area (Å²) in [6.07, 6.45) is 0. The minimum absolute atomic E-state index is 0.107. The average molecular weight is 805 g/mol. The van der Waals surface area contributed by atoms with Crippen molar-refractivity contribution in [3.63, 3.8) is 0 Å². The molecule has 0 N–H and O–H groups in total. The summed E-state index contributed by atoms with van der Waals surface area (Å²) < 4.78 is 2.42. The molecule has 1 aliphatic carbocycles. The molecule has 10 aromatic carbocycles. The van der Waals surface area contributed by atoms with E-state index in [1.54, 1.807) is 0 Å². The predicted molar refractivity (Wildman–Crippen MR) is 267 cm³/mol. The summed E-state index contributed by atoms with van der Waals surface area (Å²) >= 11 is 0. The van der Waals surface area contributed by atoms with E-state index in [4.69, 9.17) is 0 Å². The van der Waals surface area contributed by atoms with Gasteiger partial charge in [-0.15, -0.1) is 0 Å². The molecule has 0 atom stereocenters. The van der Waals surface area contributed by atoms with E-state index in [-0.39, 0.29) is 5.41 Å². The Hall–Kier alpha value is -7.94. The molecular weight excluding hydrogens is 761 g/mol. The fraction of sp³-hybridized carbons (Fsp3) is 0.0492. The first kappa shape index (κ1) is 36.9. The van der Waals surface area contributed by atoms with Crippen LogP contribution in [0.5, 0.6) is 0 Å². The van der Waals surface area contributed by atoms with Gasteiger partial charge in [-0.25, -0.2) is 0 Å². The molecule has 2 nitrogen and oxygen atoms in total. The zero-order chi connectivity index (χ0) is 42.1. The molecule has 1 heterocycles. The fourth-order valence-electron chi connectivity index (χ4n) is 10.3. The van der Waals surface area contributed by atoms with E-state index in [2.05, 4.69) is 254 Å². The third-order valence-electron chi connectivity index (χ3n) is 13.4. The van der Waals surface area contributed by atoms with Crippen LogP contribution < -0.4 is 4.90 Å². The number of hydrogen-bond donors (Lipinski definition) is 0. The monoisotopic (exact) mass is 804 g/mol. The lowest BCUT2D eigenvalue weighted by Crippen LogP contribution is -2.16. The van der Waals surface area contributed by atoms with Crippen molar-refractivity contribution in [1.82, 2.24) is 4.57 Å². The molecule has 2 heteroatoms. The van der Waals surface area contributed by atoms with Crippen LogP contribution in [0, 0.1) is 0 Å². The van der Waals surface area contributed by atoms with Gasteiger partial charge in [0.25, 0.3) is 0 Å². The minimum atomic E-state index is -0.107. The highest BCUT2D eigenvalue weighted by molar-refractivity contribution is 6.16. The highest BCUT2D eigenvalue weighted by Gasteiger charge is 2.36. The van der Waals surface area contributed by atoms with Gasteiger partial charge in [0.1, 0.15) is 0 Å². The van der Waals surface area contributed by atoms with Gasteiger partial charge in [0, 0.05) is 38.6 Å². The van der Waals surface area contributed by atoms with Crippen molar-refractivity contribution < 1.29 is 0 Å². The maximum Gasteiger partial charge on any atom is 0.0547 e. The molecule has 0 spiro atoms. The van der Waals surface area contributed by atoms with Crippen molar-refractivity contribution >= 4 is 49.6 Å². The van der Waals surface area contributed by atoms with Crippen LogP contribution >= 0.6 is 0 Å². The Morgan fingerprint density at radius 1 is 0.365 bits per heavy atom. The first-order chi connectivity index (χ1) is 31.0. The summed E-state index contributed by atoms with van der Waals surface area (Å²) in [7, 11) is 0. The van der Waals surface area contributed by atoms with E-state index in [1.165, 1.54) is 88.2 Å². The van der Waals surface area contributed by atoms with Crippen LogP contribution in [-0.2, 0) is 5.41 Å². The normalized spacial score (nSPS) is 12.7. The van der Waals surface area contributed by atoms with Gasteiger partial charge in [0.15, 0.2) is 0 Å². The Bertz CT molecular complexity index is 3520. The van der Waals surface area contributed by atoms with Crippen molar-refractivity contribution in [3.05, 3.63) is 242 Å². The van der Waals surface area contributed by atoms with Crippen LogP contribution in [0.4, 0.5) is 17.1 Å². The molecule has 0 radical (unpaired) electrons. The molecule has 1 aromatic heterocycles. The Morgan fingerprint density at radius 2 is 0.968 bits per heavy atom. The van der Waals surface area contributed by atoms with Crippen molar-refractivity contribution in [3.8, 4) is 50.2 Å². The number of nitrogens with zero attached hydrogens (tertiary/aromatic N) is 2. The van der Waals surface area contributed by atoms with Crippen LogP contribution in [0.25, 0.3) is 82.8 Å². The molecule has 0 fully saturated rings. The van der Waals surface area contributed by atoms with Crippen LogP contribution in [-0.4, -0.2) is 4.57 Å². The number of aromatic nitrogens is 1. The third-order valence-corrected chi connectivity index (χ3v) is 13.4. The quantitative estimate of drug-likeness (QED) is 0.156. The van der Waals surface area contributed by atoms with E-state index in [9.17, 15) is 0 Å². The van der Waals surface area contributed by atoms with Crippen LogP contribution in [0.2, 0.25) is 0 Å². The smallest absolute Gasteiger partial charge is 0.0547 e. The number of rotatable bonds is 7. The SMILES string of the molecule is CC1(C)c2ccccc2-c2ccc(N(c3cccc(-c4ccc(-c5ccc6c7c(-c8ccccc8)cccc7n(-c7ccccc7)c6c5)cc4)c3)c3cccc4ccccc34)cc21. The highest BCUT2D eigenvalue weighted by atomic mass is 15.1. The molecule has 0 aliphatic heterocycles. The molecule has 0 saturated carbocycles. The second kappa shape index (κ2) is 14.6. The number of hydrogen-bond acceptors (Lipinski definition) is 1. The Morgan fingerprint density at radius 3 is 1.79 bits per heavy atom. The lowest BCUT2D eigenvalue weighted by molar-refractivity contribution is 0.660. The molecule has 0 unspecified atom stereocenters. The van der Waals surface area contributed by atoms with E-state index in [1.807, 2.05) is 0 Å². The minimum Gasteiger partial charge on any atom is -0.310 e. The number of fused-ring (bicyclic) bond motifs is 7. The first-order valence-electron chi connectivity index (χ1n) is 21.9. The van der Waals surface area contributed by atoms with Gasteiger partial charge < -0.3 is 9.47 Å². The molecule has 298 valence electrons. The van der Waals surface area contributed by atoms with Gasteiger partial charge in [0.05, 0.1) is 16.7 Å². The summed E-state index contributed by atoms with van der Waals surface area (Å²) in [6.45, 7) is 4.72. The Labute approximate surface area is 368 Å². The molecule has 0 amide bonds. The number of benzene rings is 10. The van der Waals surface area contributed by atoms with E-state index < -0.39 is 0 Å². The van der Waals surface area contributed by atoms with Crippen molar-refractivity contribution in [2.75, 3.05) is 4.90 Å². The maximum absolute atomic E-state index is 2.45. The predicted octanol–water partition coefficient (Wildman–Crippen LogP) is 16.7. The largest absolute Gasteiger partial charge is 0.310 e. The van der Waals surface area contributed by atoms with Gasteiger partial charge in [-0.2, -0.15) is 0 Å². The van der Waals surface area contributed by atoms with Gasteiger partial charge in [0.2, 0.25) is 0 Å². The molecule has 11 aromatic rings. The van der Waals surface area contributed by atoms with Crippen LogP contribution in [0.1, 0.15) is 25.0 Å². The lowest BCUT2D eigenvalue weighted by Gasteiger charge is -2.29. The summed E-state index contributed by atoms with van der Waals surface area (Å²) in [6, 6.07) is 84.6. The van der Waals surface area contributed by atoms with Crippen LogP contribution in [0.3, 0.4) is 0 Å². The molecule has 1 aliphatic rings. The Kier molecular flexibility index (Phi) is 8.55. The van der Waals surface area contributed by atoms with Crippen molar-refractivity contribution in [1.29, 1.82) is 0 Å². The first-order valence-corrected chi connectivity index (χ1v) is 21.9. The highest BCUT2D eigenvalue weighted by Crippen LogP contribution is 2.51. The van der Waals surface area contributed by atoms with E-state index >= 15 is 0 Å². The van der Waals surface area contributed by atoms with Gasteiger partial charge >= 0.3 is 0 Å². The molecular formula is C61H44N2. The second-order valence-corrected chi connectivity index (χ2v) is 17.3. The summed E-state index contributed by atoms with van der Waals surface area (Å²) in [5, 5.41) is 4.96. The molecule has 12 rings (SSSR count). The van der Waals surface area contributed by atoms with E-state index in [0.717, 1.165) is 22.7 Å².